The lowest BCUT2D eigenvalue weighted by atomic mass is 9.97. The summed E-state index contributed by atoms with van der Waals surface area (Å²) in [6.45, 7) is 5.10. The van der Waals surface area contributed by atoms with E-state index in [1.54, 1.807) is 11.8 Å². The minimum atomic E-state index is -4.74. The van der Waals surface area contributed by atoms with Gasteiger partial charge in [0.25, 0.3) is 0 Å². The Kier molecular flexibility index (Phi) is 10.0. The summed E-state index contributed by atoms with van der Waals surface area (Å²) < 4.78 is 42.7. The first-order valence-corrected chi connectivity index (χ1v) is 15.6. The van der Waals surface area contributed by atoms with Crippen molar-refractivity contribution in [2.45, 2.75) is 52.3 Å². The Morgan fingerprint density at radius 2 is 1.82 bits per heavy atom. The summed E-state index contributed by atoms with van der Waals surface area (Å²) in [4.78, 5) is 24.0. The first-order chi connectivity index (χ1) is 21.2. The first kappa shape index (κ1) is 31.3. The number of benzene rings is 3. The van der Waals surface area contributed by atoms with Gasteiger partial charge < -0.3 is 9.64 Å². The number of carbonyl (C=O) groups excluding carboxylic acids is 1. The quantitative estimate of drug-likeness (QED) is 0.179. The van der Waals surface area contributed by atoms with E-state index in [2.05, 4.69) is 50.7 Å². The number of rotatable bonds is 10. The number of thioether (sulfide) groups is 1. The Hall–Kier alpha value is -4.12. The average Bonchev–Trinajstić information content (AvgIpc) is 3.50. The molecule has 4 aromatic rings. The van der Waals surface area contributed by atoms with Crippen molar-refractivity contribution < 1.29 is 22.7 Å². The van der Waals surface area contributed by atoms with Crippen molar-refractivity contribution in [3.05, 3.63) is 90.3 Å². The Morgan fingerprint density at radius 3 is 2.55 bits per heavy atom. The van der Waals surface area contributed by atoms with E-state index in [1.807, 2.05) is 36.4 Å². The fraction of sp³-hybridized carbons (Fsp3) is 0.333. The number of amides is 1. The van der Waals surface area contributed by atoms with Crippen molar-refractivity contribution in [2.24, 2.45) is 10.9 Å². The molecule has 0 aliphatic carbocycles. The fourth-order valence-corrected chi connectivity index (χ4v) is 6.02. The van der Waals surface area contributed by atoms with Crippen molar-refractivity contribution in [1.29, 1.82) is 0 Å². The molecule has 0 radical (unpaired) electrons. The number of carbonyl (C=O) groups is 1. The van der Waals surface area contributed by atoms with Gasteiger partial charge in [-0.3, -0.25) is 4.79 Å². The number of nitrogens with zero attached hydrogens (tertiary/aromatic N) is 5. The van der Waals surface area contributed by atoms with Crippen molar-refractivity contribution in [3.63, 3.8) is 0 Å². The summed E-state index contributed by atoms with van der Waals surface area (Å²) in [5.41, 5.74) is 4.92. The molecule has 1 atom stereocenters. The number of anilines is 1. The normalized spacial score (nSPS) is 15.4. The maximum atomic E-state index is 12.9. The third kappa shape index (κ3) is 8.28. The Bertz CT molecular complexity index is 1590. The predicted molar refractivity (Wildman–Crippen MR) is 168 cm³/mol. The van der Waals surface area contributed by atoms with E-state index in [9.17, 15) is 18.0 Å². The van der Waals surface area contributed by atoms with Crippen LogP contribution >= 0.6 is 11.8 Å². The Morgan fingerprint density at radius 1 is 1.07 bits per heavy atom. The van der Waals surface area contributed by atoms with Crippen LogP contribution < -0.4 is 9.64 Å². The highest BCUT2D eigenvalue weighted by Crippen LogP contribution is 2.29. The van der Waals surface area contributed by atoms with Crippen LogP contribution in [0.1, 0.15) is 44.2 Å². The number of ether oxygens (including phenoxy) is 1. The van der Waals surface area contributed by atoms with E-state index < -0.39 is 6.36 Å². The smallest absolute Gasteiger partial charge is 0.406 e. The van der Waals surface area contributed by atoms with Gasteiger partial charge in [0.15, 0.2) is 11.0 Å². The number of aryl methyl sites for hydroxylation is 2. The second-order valence-electron chi connectivity index (χ2n) is 10.7. The van der Waals surface area contributed by atoms with E-state index in [1.165, 1.54) is 40.8 Å². The first-order valence-electron chi connectivity index (χ1n) is 14.7. The molecule has 1 unspecified atom stereocenters. The summed E-state index contributed by atoms with van der Waals surface area (Å²) in [5, 5.41) is 5.26. The lowest BCUT2D eigenvalue weighted by Gasteiger charge is -2.31. The van der Waals surface area contributed by atoms with Crippen LogP contribution in [-0.2, 0) is 17.6 Å². The number of amidine groups is 1. The largest absolute Gasteiger partial charge is 0.573 e. The van der Waals surface area contributed by atoms with E-state index >= 15 is 0 Å². The van der Waals surface area contributed by atoms with Gasteiger partial charge in [-0.05, 0) is 73.1 Å². The number of alkyl halides is 3. The zero-order valence-corrected chi connectivity index (χ0v) is 25.4. The molecular weight excluding hydrogens is 587 g/mol. The molecule has 44 heavy (non-hydrogen) atoms. The van der Waals surface area contributed by atoms with Crippen molar-refractivity contribution in [1.82, 2.24) is 14.8 Å². The van der Waals surface area contributed by atoms with Crippen LogP contribution in [0.15, 0.2) is 84.1 Å². The molecule has 0 saturated carbocycles. The van der Waals surface area contributed by atoms with E-state index in [-0.39, 0.29) is 17.6 Å². The zero-order valence-electron chi connectivity index (χ0n) is 24.6. The van der Waals surface area contributed by atoms with Gasteiger partial charge in [-0.1, -0.05) is 68.1 Å². The molecule has 0 N–H and O–H groups in total. The molecule has 11 heteroatoms. The maximum Gasteiger partial charge on any atom is 0.573 e. The van der Waals surface area contributed by atoms with Crippen LogP contribution in [0.2, 0.25) is 0 Å². The monoisotopic (exact) mass is 621 g/mol. The van der Waals surface area contributed by atoms with Gasteiger partial charge in [0.2, 0.25) is 5.91 Å². The van der Waals surface area contributed by atoms with Gasteiger partial charge in [-0.15, -0.1) is 18.3 Å². The van der Waals surface area contributed by atoms with Crippen molar-refractivity contribution >= 4 is 28.5 Å². The minimum absolute atomic E-state index is 0.0830. The molecule has 1 fully saturated rings. The van der Waals surface area contributed by atoms with Gasteiger partial charge >= 0.3 is 6.36 Å². The third-order valence-electron chi connectivity index (χ3n) is 7.36. The standard InChI is InChI=1S/C33H34F3N5O2S/c1-3-25-7-4-5-8-29(25)40-19-6-20-44-32(40)38-30(42)21-23(2)9-10-24-11-13-26(14-12-24)31-37-22-41(39-31)27-15-17-28(18-16-27)43-33(34,35)36/h4-5,7-8,11-18,22-23H,3,6,9-10,19-21H2,1-2H3. The summed E-state index contributed by atoms with van der Waals surface area (Å²) in [6, 6.07) is 21.7. The Labute approximate surface area is 259 Å². The molecular formula is C33H34F3N5O2S. The van der Waals surface area contributed by atoms with E-state index in [4.69, 9.17) is 0 Å². The molecule has 2 heterocycles. The fourth-order valence-electron chi connectivity index (χ4n) is 5.06. The van der Waals surface area contributed by atoms with Gasteiger partial charge in [0.05, 0.1) is 5.69 Å². The number of hydrogen-bond acceptors (Lipinski definition) is 5. The molecule has 1 aliphatic heterocycles. The molecule has 0 spiro atoms. The molecule has 5 rings (SSSR count). The highest BCUT2D eigenvalue weighted by Gasteiger charge is 2.31. The second kappa shape index (κ2) is 14.1. The highest BCUT2D eigenvalue weighted by atomic mass is 32.2. The average molecular weight is 622 g/mol. The summed E-state index contributed by atoms with van der Waals surface area (Å²) in [7, 11) is 0. The topological polar surface area (TPSA) is 72.6 Å². The van der Waals surface area contributed by atoms with Crippen molar-refractivity contribution in [3.8, 4) is 22.8 Å². The molecule has 0 bridgehead atoms. The molecule has 7 nitrogen and oxygen atoms in total. The van der Waals surface area contributed by atoms with Crippen LogP contribution in [0.25, 0.3) is 17.1 Å². The number of aliphatic imine (C=N–C) groups is 1. The summed E-state index contributed by atoms with van der Waals surface area (Å²) in [5.74, 6) is 1.27. The molecule has 1 saturated heterocycles. The van der Waals surface area contributed by atoms with E-state index in [0.29, 0.717) is 17.9 Å². The summed E-state index contributed by atoms with van der Waals surface area (Å²) >= 11 is 1.65. The number of aromatic nitrogens is 3. The SMILES string of the molecule is CCc1ccccc1N1CCCSC1=NC(=O)CC(C)CCc1ccc(-c2ncn(-c3ccc(OC(F)(F)F)cc3)n2)cc1. The lowest BCUT2D eigenvalue weighted by Crippen LogP contribution is -2.35. The molecule has 1 aliphatic rings. The molecule has 1 aromatic heterocycles. The predicted octanol–water partition coefficient (Wildman–Crippen LogP) is 7.88. The van der Waals surface area contributed by atoms with Crippen LogP contribution in [-0.4, -0.2) is 44.5 Å². The van der Waals surface area contributed by atoms with Gasteiger partial charge in [-0.25, -0.2) is 9.67 Å². The number of para-hydroxylation sites is 1. The van der Waals surface area contributed by atoms with Gasteiger partial charge in [0, 0.05) is 30.0 Å². The van der Waals surface area contributed by atoms with Gasteiger partial charge in [-0.2, -0.15) is 4.99 Å². The second-order valence-corrected chi connectivity index (χ2v) is 11.8. The number of halogens is 3. The molecule has 3 aromatic carbocycles. The molecule has 230 valence electrons. The van der Waals surface area contributed by atoms with Crippen LogP contribution in [0, 0.1) is 5.92 Å². The number of hydrogen-bond donors (Lipinski definition) is 0. The van der Waals surface area contributed by atoms with Crippen LogP contribution in [0.4, 0.5) is 18.9 Å². The van der Waals surface area contributed by atoms with Gasteiger partial charge in [0.1, 0.15) is 12.1 Å². The van der Waals surface area contributed by atoms with Crippen LogP contribution in [0.5, 0.6) is 5.75 Å². The summed E-state index contributed by atoms with van der Waals surface area (Å²) in [6.07, 6.45) is 0.834. The third-order valence-corrected chi connectivity index (χ3v) is 8.42. The van der Waals surface area contributed by atoms with Crippen molar-refractivity contribution in [2.75, 3.05) is 17.2 Å². The zero-order chi connectivity index (χ0) is 31.1. The van der Waals surface area contributed by atoms with E-state index in [0.717, 1.165) is 60.0 Å². The molecule has 1 amide bonds. The maximum absolute atomic E-state index is 12.9. The lowest BCUT2D eigenvalue weighted by molar-refractivity contribution is -0.274. The van der Waals surface area contributed by atoms with Crippen LogP contribution in [0.3, 0.4) is 0 Å². The highest BCUT2D eigenvalue weighted by molar-refractivity contribution is 8.14. The minimum Gasteiger partial charge on any atom is -0.406 e. The Balaban J connectivity index is 1.14.